The number of hydrogen-bond acceptors (Lipinski definition) is 2. The maximum absolute atomic E-state index is 6.20. The first-order valence-corrected chi connectivity index (χ1v) is 6.68. The molecule has 4 heteroatoms. The first-order valence-electron chi connectivity index (χ1n) is 5.51. The lowest BCUT2D eigenvalue weighted by molar-refractivity contribution is 0.368. The molecule has 0 heterocycles. The van der Waals surface area contributed by atoms with Crippen molar-refractivity contribution in [3.05, 3.63) is 33.3 Å². The molecule has 2 nitrogen and oxygen atoms in total. The molecule has 0 spiro atoms. The van der Waals surface area contributed by atoms with E-state index in [1.54, 1.807) is 0 Å². The Bertz CT molecular complexity index is 344. The van der Waals surface area contributed by atoms with Crippen molar-refractivity contribution in [2.75, 3.05) is 0 Å². The van der Waals surface area contributed by atoms with Gasteiger partial charge in [-0.15, -0.1) is 0 Å². The molecule has 0 saturated heterocycles. The van der Waals surface area contributed by atoms with Crippen LogP contribution in [-0.2, 0) is 0 Å². The van der Waals surface area contributed by atoms with Gasteiger partial charge >= 0.3 is 0 Å². The molecule has 0 bridgehead atoms. The number of benzene rings is 1. The van der Waals surface area contributed by atoms with Crippen LogP contribution < -0.4 is 11.3 Å². The zero-order chi connectivity index (χ0) is 12.1. The van der Waals surface area contributed by atoms with Crippen LogP contribution in [0.2, 0.25) is 5.02 Å². The van der Waals surface area contributed by atoms with Crippen molar-refractivity contribution in [1.82, 2.24) is 5.43 Å². The molecule has 3 N–H and O–H groups in total. The molecule has 0 aliphatic rings. The van der Waals surface area contributed by atoms with Gasteiger partial charge in [-0.05, 0) is 36.1 Å². The van der Waals surface area contributed by atoms with E-state index in [2.05, 4.69) is 35.2 Å². The van der Waals surface area contributed by atoms with Gasteiger partial charge in [0.1, 0.15) is 0 Å². The number of nitrogens with two attached hydrogens (primary N) is 1. The summed E-state index contributed by atoms with van der Waals surface area (Å²) in [6.07, 6.45) is 2.27. The number of rotatable bonds is 5. The van der Waals surface area contributed by atoms with Crippen molar-refractivity contribution in [2.45, 2.75) is 32.7 Å². The quantitative estimate of drug-likeness (QED) is 0.636. The Labute approximate surface area is 111 Å². The lowest BCUT2D eigenvalue weighted by Crippen LogP contribution is -2.32. The zero-order valence-electron chi connectivity index (χ0n) is 9.63. The van der Waals surface area contributed by atoms with Crippen molar-refractivity contribution in [1.29, 1.82) is 0 Å². The Kier molecular flexibility index (Phi) is 5.76. The van der Waals surface area contributed by atoms with Gasteiger partial charge in [0.05, 0.1) is 6.04 Å². The maximum Gasteiger partial charge on any atom is 0.0500 e. The fourth-order valence-electron chi connectivity index (χ4n) is 1.94. The molecule has 0 saturated carbocycles. The SMILES string of the molecule is CCCC(C)C(NN)c1cc(Br)ccc1Cl. The van der Waals surface area contributed by atoms with Crippen LogP contribution in [-0.4, -0.2) is 0 Å². The molecule has 16 heavy (non-hydrogen) atoms. The van der Waals surface area contributed by atoms with E-state index in [1.165, 1.54) is 0 Å². The summed E-state index contributed by atoms with van der Waals surface area (Å²) in [5, 5.41) is 0.758. The van der Waals surface area contributed by atoms with Gasteiger partial charge < -0.3 is 0 Å². The monoisotopic (exact) mass is 304 g/mol. The van der Waals surface area contributed by atoms with Gasteiger partial charge in [0, 0.05) is 9.50 Å². The number of halogens is 2. The van der Waals surface area contributed by atoms with Crippen molar-refractivity contribution < 1.29 is 0 Å². The number of nitrogens with one attached hydrogen (secondary N) is 1. The van der Waals surface area contributed by atoms with Gasteiger partial charge in [-0.3, -0.25) is 11.3 Å². The van der Waals surface area contributed by atoms with Crippen LogP contribution in [0.15, 0.2) is 22.7 Å². The van der Waals surface area contributed by atoms with E-state index >= 15 is 0 Å². The van der Waals surface area contributed by atoms with Gasteiger partial charge in [0.15, 0.2) is 0 Å². The number of hydrogen-bond donors (Lipinski definition) is 2. The van der Waals surface area contributed by atoms with E-state index < -0.39 is 0 Å². The molecular formula is C12H18BrClN2. The van der Waals surface area contributed by atoms with E-state index in [0.717, 1.165) is 27.9 Å². The van der Waals surface area contributed by atoms with Crippen molar-refractivity contribution in [3.63, 3.8) is 0 Å². The van der Waals surface area contributed by atoms with Crippen LogP contribution in [0.3, 0.4) is 0 Å². The van der Waals surface area contributed by atoms with Crippen LogP contribution in [0, 0.1) is 5.92 Å². The molecule has 1 aromatic carbocycles. The Morgan fingerprint density at radius 1 is 1.50 bits per heavy atom. The average molecular weight is 306 g/mol. The van der Waals surface area contributed by atoms with Crippen LogP contribution in [0.25, 0.3) is 0 Å². The van der Waals surface area contributed by atoms with Gasteiger partial charge in [-0.2, -0.15) is 0 Å². The second kappa shape index (κ2) is 6.60. The van der Waals surface area contributed by atoms with Gasteiger partial charge in [-0.25, -0.2) is 0 Å². The Hall–Kier alpha value is -0.0900. The van der Waals surface area contributed by atoms with Crippen LogP contribution in [0.4, 0.5) is 0 Å². The third-order valence-electron chi connectivity index (χ3n) is 2.79. The second-order valence-electron chi connectivity index (χ2n) is 4.08. The lowest BCUT2D eigenvalue weighted by Gasteiger charge is -2.24. The van der Waals surface area contributed by atoms with Crippen molar-refractivity contribution in [2.24, 2.45) is 11.8 Å². The van der Waals surface area contributed by atoms with Crippen molar-refractivity contribution in [3.8, 4) is 0 Å². The molecule has 0 fully saturated rings. The molecular weight excluding hydrogens is 288 g/mol. The second-order valence-corrected chi connectivity index (χ2v) is 5.40. The third-order valence-corrected chi connectivity index (χ3v) is 3.62. The summed E-state index contributed by atoms with van der Waals surface area (Å²) in [4.78, 5) is 0. The molecule has 2 unspecified atom stereocenters. The average Bonchev–Trinajstić information content (AvgIpc) is 2.24. The fraction of sp³-hybridized carbons (Fsp3) is 0.500. The summed E-state index contributed by atoms with van der Waals surface area (Å²) in [5.41, 5.74) is 3.92. The third kappa shape index (κ3) is 3.45. The summed E-state index contributed by atoms with van der Waals surface area (Å²) in [6.45, 7) is 4.36. The molecule has 0 radical (unpaired) electrons. The lowest BCUT2D eigenvalue weighted by atomic mass is 9.91. The smallest absolute Gasteiger partial charge is 0.0500 e. The van der Waals surface area contributed by atoms with E-state index in [-0.39, 0.29) is 6.04 Å². The highest BCUT2D eigenvalue weighted by atomic mass is 79.9. The van der Waals surface area contributed by atoms with Crippen molar-refractivity contribution >= 4 is 27.5 Å². The minimum absolute atomic E-state index is 0.102. The first kappa shape index (κ1) is 14.0. The highest BCUT2D eigenvalue weighted by Crippen LogP contribution is 2.32. The maximum atomic E-state index is 6.20. The fourth-order valence-corrected chi connectivity index (χ4v) is 2.55. The molecule has 0 aliphatic carbocycles. The predicted molar refractivity (Wildman–Crippen MR) is 73.3 cm³/mol. The largest absolute Gasteiger partial charge is 0.271 e. The molecule has 2 atom stereocenters. The van der Waals surface area contributed by atoms with Gasteiger partial charge in [0.25, 0.3) is 0 Å². The molecule has 0 aromatic heterocycles. The minimum Gasteiger partial charge on any atom is -0.271 e. The Balaban J connectivity index is 2.98. The van der Waals surface area contributed by atoms with E-state index in [4.69, 9.17) is 17.4 Å². The standard InChI is InChI=1S/C12H18BrClN2/c1-3-4-8(2)12(16-15)10-7-9(13)5-6-11(10)14/h5-8,12,16H,3-4,15H2,1-2H3. The van der Waals surface area contributed by atoms with Crippen LogP contribution >= 0.6 is 27.5 Å². The highest BCUT2D eigenvalue weighted by Gasteiger charge is 2.19. The van der Waals surface area contributed by atoms with Crippen LogP contribution in [0.1, 0.15) is 38.3 Å². The molecule has 90 valence electrons. The summed E-state index contributed by atoms with van der Waals surface area (Å²) in [6, 6.07) is 5.96. The summed E-state index contributed by atoms with van der Waals surface area (Å²) >= 11 is 9.65. The summed E-state index contributed by atoms with van der Waals surface area (Å²) in [5.74, 6) is 6.09. The molecule has 0 amide bonds. The van der Waals surface area contributed by atoms with Crippen LogP contribution in [0.5, 0.6) is 0 Å². The zero-order valence-corrected chi connectivity index (χ0v) is 12.0. The number of hydrazine groups is 1. The summed E-state index contributed by atoms with van der Waals surface area (Å²) in [7, 11) is 0. The topological polar surface area (TPSA) is 38.0 Å². The first-order chi connectivity index (χ1) is 7.60. The predicted octanol–water partition coefficient (Wildman–Crippen LogP) is 4.04. The summed E-state index contributed by atoms with van der Waals surface area (Å²) < 4.78 is 1.02. The van der Waals surface area contributed by atoms with Gasteiger partial charge in [0.2, 0.25) is 0 Å². The van der Waals surface area contributed by atoms with E-state index in [9.17, 15) is 0 Å². The minimum atomic E-state index is 0.102. The van der Waals surface area contributed by atoms with Gasteiger partial charge in [-0.1, -0.05) is 47.8 Å². The highest BCUT2D eigenvalue weighted by molar-refractivity contribution is 9.10. The molecule has 1 aromatic rings. The molecule has 1 rings (SSSR count). The van der Waals surface area contributed by atoms with E-state index in [1.807, 2.05) is 18.2 Å². The Morgan fingerprint density at radius 3 is 2.75 bits per heavy atom. The molecule has 0 aliphatic heterocycles. The normalized spacial score (nSPS) is 14.8. The Morgan fingerprint density at radius 2 is 2.19 bits per heavy atom. The van der Waals surface area contributed by atoms with E-state index in [0.29, 0.717) is 5.92 Å².